The average Bonchev–Trinajstić information content (AvgIpc) is 2.99. The second-order valence-corrected chi connectivity index (χ2v) is 5.14. The molecular formula is C17H20N2O6. The van der Waals surface area contributed by atoms with Gasteiger partial charge in [0.1, 0.15) is 17.3 Å². The molecule has 8 heteroatoms. The van der Waals surface area contributed by atoms with Gasteiger partial charge in [0, 0.05) is 6.07 Å². The Kier molecular flexibility index (Phi) is 6.39. The molecule has 0 bridgehead atoms. The fraction of sp³-hybridized carbons (Fsp3) is 0.353. The number of carbonyl (C=O) groups is 2. The normalized spacial score (nSPS) is 11.5. The van der Waals surface area contributed by atoms with Crippen LogP contribution in [0.25, 0.3) is 0 Å². The predicted molar refractivity (Wildman–Crippen MR) is 88.5 cm³/mol. The molecule has 0 fully saturated rings. The third-order valence-electron chi connectivity index (χ3n) is 3.05. The van der Waals surface area contributed by atoms with Gasteiger partial charge < -0.3 is 24.1 Å². The van der Waals surface area contributed by atoms with Gasteiger partial charge in [0.25, 0.3) is 5.91 Å². The Morgan fingerprint density at radius 3 is 2.40 bits per heavy atom. The predicted octanol–water partition coefficient (Wildman–Crippen LogP) is 2.33. The van der Waals surface area contributed by atoms with Crippen LogP contribution < -0.4 is 14.8 Å². The molecule has 25 heavy (non-hydrogen) atoms. The van der Waals surface area contributed by atoms with E-state index >= 15 is 0 Å². The van der Waals surface area contributed by atoms with Gasteiger partial charge in [0.15, 0.2) is 18.5 Å². The molecule has 0 unspecified atom stereocenters. The molecule has 1 atom stereocenters. The Labute approximate surface area is 145 Å². The Balaban J connectivity index is 1.75. The highest BCUT2D eigenvalue weighted by Gasteiger charge is 2.19. The van der Waals surface area contributed by atoms with Crippen LogP contribution in [-0.4, -0.2) is 36.4 Å². The molecule has 8 nitrogen and oxygen atoms in total. The summed E-state index contributed by atoms with van der Waals surface area (Å²) in [5, 5.41) is 6.12. The number of anilines is 1. The molecule has 0 aliphatic carbocycles. The minimum Gasteiger partial charge on any atom is -0.494 e. The molecule has 1 amide bonds. The largest absolute Gasteiger partial charge is 0.494 e. The summed E-state index contributed by atoms with van der Waals surface area (Å²) < 4.78 is 20.5. The van der Waals surface area contributed by atoms with Gasteiger partial charge in [-0.25, -0.2) is 4.79 Å². The Hall–Kier alpha value is -3.03. The molecule has 0 saturated carbocycles. The minimum absolute atomic E-state index is 0.260. The van der Waals surface area contributed by atoms with Gasteiger partial charge in [-0.15, -0.1) is 0 Å². The first-order valence-electron chi connectivity index (χ1n) is 7.77. The van der Waals surface area contributed by atoms with Gasteiger partial charge in [0.05, 0.1) is 6.61 Å². The number of carbonyl (C=O) groups excluding carboxylic acids is 2. The van der Waals surface area contributed by atoms with E-state index in [2.05, 4.69) is 10.5 Å². The summed E-state index contributed by atoms with van der Waals surface area (Å²) >= 11 is 0. The molecule has 1 heterocycles. The highest BCUT2D eigenvalue weighted by molar-refractivity contribution is 5.94. The van der Waals surface area contributed by atoms with Crippen LogP contribution in [-0.2, 0) is 14.3 Å². The zero-order valence-electron chi connectivity index (χ0n) is 14.3. The fourth-order valence-corrected chi connectivity index (χ4v) is 1.88. The summed E-state index contributed by atoms with van der Waals surface area (Å²) in [4.78, 5) is 23.7. The maximum atomic E-state index is 11.9. The van der Waals surface area contributed by atoms with Crippen molar-refractivity contribution in [3.05, 3.63) is 36.1 Å². The van der Waals surface area contributed by atoms with Crippen molar-refractivity contribution in [1.29, 1.82) is 0 Å². The summed E-state index contributed by atoms with van der Waals surface area (Å²) in [5.41, 5.74) is 0. The zero-order valence-corrected chi connectivity index (χ0v) is 14.3. The molecule has 2 rings (SSSR count). The van der Waals surface area contributed by atoms with E-state index in [1.807, 2.05) is 6.92 Å². The third kappa shape index (κ3) is 5.83. The van der Waals surface area contributed by atoms with Crippen molar-refractivity contribution in [2.75, 3.05) is 18.5 Å². The zero-order chi connectivity index (χ0) is 18.2. The molecule has 1 aromatic heterocycles. The molecule has 2 aromatic rings. The highest BCUT2D eigenvalue weighted by Crippen LogP contribution is 2.17. The molecule has 0 radical (unpaired) electrons. The first-order chi connectivity index (χ1) is 12.0. The van der Waals surface area contributed by atoms with Crippen LogP contribution in [0.5, 0.6) is 11.5 Å². The number of rotatable bonds is 8. The Bertz CT molecular complexity index is 710. The van der Waals surface area contributed by atoms with Gasteiger partial charge in [-0.05, 0) is 45.0 Å². The summed E-state index contributed by atoms with van der Waals surface area (Å²) in [6.45, 7) is 5.30. The van der Waals surface area contributed by atoms with Crippen molar-refractivity contribution >= 4 is 17.7 Å². The van der Waals surface area contributed by atoms with Gasteiger partial charge in [-0.2, -0.15) is 0 Å². The van der Waals surface area contributed by atoms with Crippen molar-refractivity contribution in [1.82, 2.24) is 5.16 Å². The number of ether oxygens (including phenoxy) is 3. The van der Waals surface area contributed by atoms with Gasteiger partial charge >= 0.3 is 5.97 Å². The van der Waals surface area contributed by atoms with E-state index < -0.39 is 18.0 Å². The van der Waals surface area contributed by atoms with Crippen LogP contribution in [0.2, 0.25) is 0 Å². The van der Waals surface area contributed by atoms with Crippen molar-refractivity contribution in [3.8, 4) is 11.5 Å². The van der Waals surface area contributed by atoms with Crippen LogP contribution in [0.15, 0.2) is 34.9 Å². The SMILES string of the molecule is CCOc1ccc(OCC(=O)O[C@H](C)C(=O)Nc2cc(C)on2)cc1. The topological polar surface area (TPSA) is 99.9 Å². The first-order valence-corrected chi connectivity index (χ1v) is 7.77. The maximum Gasteiger partial charge on any atom is 0.344 e. The average molecular weight is 348 g/mol. The number of benzene rings is 1. The fourth-order valence-electron chi connectivity index (χ4n) is 1.88. The third-order valence-corrected chi connectivity index (χ3v) is 3.05. The summed E-state index contributed by atoms with van der Waals surface area (Å²) in [7, 11) is 0. The van der Waals surface area contributed by atoms with Crippen LogP contribution in [0.4, 0.5) is 5.82 Å². The van der Waals surface area contributed by atoms with E-state index in [4.69, 9.17) is 18.7 Å². The van der Waals surface area contributed by atoms with Crippen molar-refractivity contribution < 1.29 is 28.3 Å². The maximum absolute atomic E-state index is 11.9. The van der Waals surface area contributed by atoms with Crippen molar-refractivity contribution in [3.63, 3.8) is 0 Å². The Morgan fingerprint density at radius 1 is 1.20 bits per heavy atom. The van der Waals surface area contributed by atoms with Crippen LogP contribution in [0.1, 0.15) is 19.6 Å². The number of hydrogen-bond acceptors (Lipinski definition) is 7. The van der Waals surface area contributed by atoms with E-state index in [1.165, 1.54) is 6.92 Å². The molecule has 1 aromatic carbocycles. The summed E-state index contributed by atoms with van der Waals surface area (Å²) in [6, 6.07) is 8.39. The number of nitrogens with zero attached hydrogens (tertiary/aromatic N) is 1. The van der Waals surface area contributed by atoms with Crippen LogP contribution >= 0.6 is 0 Å². The molecule has 0 aliphatic rings. The Morgan fingerprint density at radius 2 is 1.84 bits per heavy atom. The van der Waals surface area contributed by atoms with E-state index in [9.17, 15) is 9.59 Å². The quantitative estimate of drug-likeness (QED) is 0.731. The summed E-state index contributed by atoms with van der Waals surface area (Å²) in [5.74, 6) is 0.858. The number of aromatic nitrogens is 1. The molecule has 134 valence electrons. The van der Waals surface area contributed by atoms with Crippen LogP contribution in [0, 0.1) is 6.92 Å². The summed E-state index contributed by atoms with van der Waals surface area (Å²) in [6.07, 6.45) is -0.992. The number of esters is 1. The van der Waals surface area contributed by atoms with Crippen LogP contribution in [0.3, 0.4) is 0 Å². The standard InChI is InChI=1S/C17H20N2O6/c1-4-22-13-5-7-14(8-6-13)23-10-16(20)24-12(3)17(21)18-15-9-11(2)25-19-15/h5-9,12H,4,10H2,1-3H3,(H,18,19,21)/t12-/m1/s1. The molecule has 0 spiro atoms. The van der Waals surface area contributed by atoms with Gasteiger partial charge in [0.2, 0.25) is 0 Å². The molecular weight excluding hydrogens is 328 g/mol. The lowest BCUT2D eigenvalue weighted by molar-refractivity contribution is -0.155. The smallest absolute Gasteiger partial charge is 0.344 e. The van der Waals surface area contributed by atoms with Gasteiger partial charge in [-0.3, -0.25) is 4.79 Å². The molecule has 1 N–H and O–H groups in total. The number of aryl methyl sites for hydroxylation is 1. The number of nitrogens with one attached hydrogen (secondary N) is 1. The van der Waals surface area contributed by atoms with E-state index in [-0.39, 0.29) is 12.4 Å². The molecule has 0 saturated heterocycles. The second-order valence-electron chi connectivity index (χ2n) is 5.14. The monoisotopic (exact) mass is 348 g/mol. The number of hydrogen-bond donors (Lipinski definition) is 1. The van der Waals surface area contributed by atoms with Crippen molar-refractivity contribution in [2.45, 2.75) is 26.9 Å². The number of amides is 1. The van der Waals surface area contributed by atoms with Crippen molar-refractivity contribution in [2.24, 2.45) is 0 Å². The lowest BCUT2D eigenvalue weighted by Crippen LogP contribution is -2.31. The second kappa shape index (κ2) is 8.72. The van der Waals surface area contributed by atoms with E-state index in [1.54, 1.807) is 37.3 Å². The van der Waals surface area contributed by atoms with E-state index in [0.717, 1.165) is 0 Å². The lowest BCUT2D eigenvalue weighted by atomic mass is 10.3. The van der Waals surface area contributed by atoms with Gasteiger partial charge in [-0.1, -0.05) is 5.16 Å². The van der Waals surface area contributed by atoms with E-state index in [0.29, 0.717) is 23.9 Å². The highest BCUT2D eigenvalue weighted by atomic mass is 16.6. The molecule has 0 aliphatic heterocycles. The first kappa shape index (κ1) is 18.3. The lowest BCUT2D eigenvalue weighted by Gasteiger charge is -2.13. The minimum atomic E-state index is -0.992.